The normalized spacial score (nSPS) is 14.9. The van der Waals surface area contributed by atoms with E-state index in [9.17, 15) is 9.18 Å². The number of carbonyl (C=O) groups excluding carboxylic acids is 1. The summed E-state index contributed by atoms with van der Waals surface area (Å²) in [7, 11) is 0. The molecule has 0 N–H and O–H groups in total. The number of hydrogen-bond donors (Lipinski definition) is 0. The third-order valence-electron chi connectivity index (χ3n) is 5.09. The van der Waals surface area contributed by atoms with Crippen LogP contribution in [0.3, 0.4) is 0 Å². The van der Waals surface area contributed by atoms with Gasteiger partial charge in [-0.25, -0.2) is 14.4 Å². The molecule has 4 aromatic rings. The number of carbonyl (C=O) groups is 1. The molecule has 1 fully saturated rings. The van der Waals surface area contributed by atoms with Crippen LogP contribution in [0.1, 0.15) is 15.2 Å². The van der Waals surface area contributed by atoms with Gasteiger partial charge in [-0.05, 0) is 36.8 Å². The number of pyridine rings is 1. The van der Waals surface area contributed by atoms with Crippen LogP contribution in [0, 0.1) is 12.7 Å². The van der Waals surface area contributed by atoms with Gasteiger partial charge in [-0.3, -0.25) is 4.79 Å². The molecule has 0 atom stereocenters. The Bertz CT molecular complexity index is 1160. The number of thiophene rings is 1. The van der Waals surface area contributed by atoms with Gasteiger partial charge >= 0.3 is 0 Å². The Labute approximate surface area is 169 Å². The van der Waals surface area contributed by atoms with Gasteiger partial charge in [-0.1, -0.05) is 17.4 Å². The number of hydrogen-bond acceptors (Lipinski definition) is 6. The van der Waals surface area contributed by atoms with Crippen LogP contribution < -0.4 is 4.90 Å². The van der Waals surface area contributed by atoms with Gasteiger partial charge in [0.15, 0.2) is 5.13 Å². The Morgan fingerprint density at radius 2 is 1.93 bits per heavy atom. The van der Waals surface area contributed by atoms with Crippen LogP contribution in [0.2, 0.25) is 0 Å². The lowest BCUT2D eigenvalue weighted by molar-refractivity contribution is 0.0751. The van der Waals surface area contributed by atoms with E-state index in [2.05, 4.69) is 14.9 Å². The van der Waals surface area contributed by atoms with Crippen molar-refractivity contribution < 1.29 is 9.18 Å². The molecule has 1 aromatic carbocycles. The molecule has 1 saturated heterocycles. The summed E-state index contributed by atoms with van der Waals surface area (Å²) in [5.41, 5.74) is 1.65. The number of halogens is 1. The molecule has 5 nitrogen and oxygen atoms in total. The molecular formula is C20H17FN4OS2. The zero-order chi connectivity index (χ0) is 19.3. The molecule has 28 heavy (non-hydrogen) atoms. The Morgan fingerprint density at radius 1 is 1.11 bits per heavy atom. The second-order valence-corrected chi connectivity index (χ2v) is 8.78. The molecule has 142 valence electrons. The topological polar surface area (TPSA) is 49.3 Å². The highest BCUT2D eigenvalue weighted by Gasteiger charge is 2.27. The number of thiazole rings is 1. The summed E-state index contributed by atoms with van der Waals surface area (Å²) in [6.45, 7) is 4.53. The number of amides is 1. The molecule has 8 heteroatoms. The number of piperazine rings is 1. The van der Waals surface area contributed by atoms with E-state index < -0.39 is 0 Å². The molecular weight excluding hydrogens is 395 g/mol. The molecule has 1 aliphatic heterocycles. The van der Waals surface area contributed by atoms with Gasteiger partial charge in [0.05, 0.1) is 4.88 Å². The summed E-state index contributed by atoms with van der Waals surface area (Å²) in [4.78, 5) is 27.7. The number of fused-ring (bicyclic) bond motifs is 2. The molecule has 0 radical (unpaired) electrons. The van der Waals surface area contributed by atoms with Gasteiger partial charge < -0.3 is 9.80 Å². The molecule has 0 spiro atoms. The van der Waals surface area contributed by atoms with Gasteiger partial charge in [-0.2, -0.15) is 0 Å². The second-order valence-electron chi connectivity index (χ2n) is 6.77. The van der Waals surface area contributed by atoms with Gasteiger partial charge in [0.25, 0.3) is 5.91 Å². The van der Waals surface area contributed by atoms with Crippen molar-refractivity contribution in [3.63, 3.8) is 0 Å². The monoisotopic (exact) mass is 412 g/mol. The van der Waals surface area contributed by atoms with Crippen LogP contribution >= 0.6 is 22.7 Å². The maximum atomic E-state index is 14.2. The minimum absolute atomic E-state index is 0.0104. The Balaban J connectivity index is 1.34. The maximum Gasteiger partial charge on any atom is 0.264 e. The second kappa shape index (κ2) is 6.79. The first kappa shape index (κ1) is 17.5. The number of rotatable bonds is 2. The minimum atomic E-state index is -0.264. The first-order valence-electron chi connectivity index (χ1n) is 9.05. The highest BCUT2D eigenvalue weighted by Crippen LogP contribution is 2.34. The van der Waals surface area contributed by atoms with E-state index in [0.717, 1.165) is 38.8 Å². The maximum absolute atomic E-state index is 14.2. The van der Waals surface area contributed by atoms with Gasteiger partial charge in [0, 0.05) is 42.5 Å². The fourth-order valence-electron chi connectivity index (χ4n) is 3.60. The van der Waals surface area contributed by atoms with Gasteiger partial charge in [0.1, 0.15) is 16.2 Å². The van der Waals surface area contributed by atoms with E-state index in [1.165, 1.54) is 17.4 Å². The standard InChI is InChI=1S/C20H17FN4OS2/c1-12-16-13(21)4-2-6-15(16)27-17(12)19(26)24-8-10-25(11-9-24)20-23-14-5-3-7-22-18(14)28-20/h2-7H,8-11H2,1H3. The zero-order valence-electron chi connectivity index (χ0n) is 15.2. The van der Waals surface area contributed by atoms with E-state index in [4.69, 9.17) is 0 Å². The molecule has 0 saturated carbocycles. The summed E-state index contributed by atoms with van der Waals surface area (Å²) in [6.07, 6.45) is 1.77. The summed E-state index contributed by atoms with van der Waals surface area (Å²) in [5.74, 6) is -0.275. The van der Waals surface area contributed by atoms with Gasteiger partial charge in [-0.15, -0.1) is 11.3 Å². The van der Waals surface area contributed by atoms with E-state index in [-0.39, 0.29) is 11.7 Å². The number of anilines is 1. The largest absolute Gasteiger partial charge is 0.344 e. The van der Waals surface area contributed by atoms with Crippen molar-refractivity contribution in [2.75, 3.05) is 31.1 Å². The fraction of sp³-hybridized carbons (Fsp3) is 0.250. The van der Waals surface area contributed by atoms with Crippen LogP contribution in [0.4, 0.5) is 9.52 Å². The highest BCUT2D eigenvalue weighted by atomic mass is 32.1. The Morgan fingerprint density at radius 3 is 2.68 bits per heavy atom. The van der Waals surface area contributed by atoms with Crippen molar-refractivity contribution in [3.05, 3.63) is 52.8 Å². The van der Waals surface area contributed by atoms with Crippen molar-refractivity contribution in [2.45, 2.75) is 6.92 Å². The SMILES string of the molecule is Cc1c(C(=O)N2CCN(c3nc4cccnc4s3)CC2)sc2cccc(F)c12. The van der Waals surface area contributed by atoms with Crippen LogP contribution in [0.15, 0.2) is 36.5 Å². The van der Waals surface area contributed by atoms with Crippen LogP contribution in [0.25, 0.3) is 20.4 Å². The molecule has 5 rings (SSSR count). The summed E-state index contributed by atoms with van der Waals surface area (Å²) in [5, 5.41) is 1.51. The third kappa shape index (κ3) is 2.84. The first-order valence-corrected chi connectivity index (χ1v) is 10.7. The predicted molar refractivity (Wildman–Crippen MR) is 112 cm³/mol. The lowest BCUT2D eigenvalue weighted by Gasteiger charge is -2.34. The van der Waals surface area contributed by atoms with Crippen molar-refractivity contribution in [2.24, 2.45) is 0 Å². The van der Waals surface area contributed by atoms with Crippen molar-refractivity contribution in [1.82, 2.24) is 14.9 Å². The fourth-order valence-corrected chi connectivity index (χ4v) is 5.75. The number of nitrogens with zero attached hydrogens (tertiary/aromatic N) is 4. The Kier molecular flexibility index (Phi) is 4.25. The summed E-state index contributed by atoms with van der Waals surface area (Å²) in [6, 6.07) is 8.85. The summed E-state index contributed by atoms with van der Waals surface area (Å²) < 4.78 is 15.0. The molecule has 3 aromatic heterocycles. The first-order chi connectivity index (χ1) is 13.6. The number of benzene rings is 1. The molecule has 1 aliphatic rings. The highest BCUT2D eigenvalue weighted by molar-refractivity contribution is 7.22. The number of aromatic nitrogens is 2. The predicted octanol–water partition coefficient (Wildman–Crippen LogP) is 4.32. The lowest BCUT2D eigenvalue weighted by atomic mass is 10.1. The summed E-state index contributed by atoms with van der Waals surface area (Å²) >= 11 is 2.95. The van der Waals surface area contributed by atoms with E-state index in [1.54, 1.807) is 23.6 Å². The molecule has 4 heterocycles. The van der Waals surface area contributed by atoms with Crippen LogP contribution in [-0.2, 0) is 0 Å². The molecule has 0 unspecified atom stereocenters. The lowest BCUT2D eigenvalue weighted by Crippen LogP contribution is -2.48. The third-order valence-corrected chi connectivity index (χ3v) is 7.37. The van der Waals surface area contributed by atoms with Gasteiger partial charge in [0.2, 0.25) is 0 Å². The van der Waals surface area contributed by atoms with Crippen molar-refractivity contribution in [3.8, 4) is 0 Å². The quantitative estimate of drug-likeness (QED) is 0.492. The zero-order valence-corrected chi connectivity index (χ0v) is 16.8. The Hall–Kier alpha value is -2.58. The van der Waals surface area contributed by atoms with Crippen LogP contribution in [-0.4, -0.2) is 47.0 Å². The van der Waals surface area contributed by atoms with Crippen molar-refractivity contribution in [1.29, 1.82) is 0 Å². The molecule has 0 aliphatic carbocycles. The molecule has 0 bridgehead atoms. The number of aryl methyl sites for hydroxylation is 1. The molecule has 1 amide bonds. The van der Waals surface area contributed by atoms with E-state index in [1.807, 2.05) is 30.0 Å². The average molecular weight is 413 g/mol. The average Bonchev–Trinajstić information content (AvgIpc) is 3.30. The minimum Gasteiger partial charge on any atom is -0.344 e. The van der Waals surface area contributed by atoms with E-state index >= 15 is 0 Å². The van der Waals surface area contributed by atoms with Crippen molar-refractivity contribution >= 4 is 54.1 Å². The van der Waals surface area contributed by atoms with Crippen LogP contribution in [0.5, 0.6) is 0 Å². The smallest absolute Gasteiger partial charge is 0.264 e. The van der Waals surface area contributed by atoms with E-state index in [0.29, 0.717) is 23.4 Å².